The van der Waals surface area contributed by atoms with Crippen LogP contribution in [0.1, 0.15) is 75.2 Å². The Morgan fingerprint density at radius 1 is 0.940 bits per heavy atom. The number of carbonyl (C=O) groups excluding carboxylic acids is 2. The number of nitrogens with one attached hydrogen (secondary N) is 3. The molecule has 0 atom stereocenters. The highest BCUT2D eigenvalue weighted by molar-refractivity contribution is 14.1. The van der Waals surface area contributed by atoms with Gasteiger partial charge < -0.3 is 20.9 Å². The molecule has 5 rings (SSSR count). The molecular formula is C33H39ClF6IN7O2. The lowest BCUT2D eigenvalue weighted by molar-refractivity contribution is -0.182. The molecule has 0 spiro atoms. The lowest BCUT2D eigenvalue weighted by Crippen LogP contribution is -2.42. The van der Waals surface area contributed by atoms with E-state index < -0.39 is 41.6 Å². The summed E-state index contributed by atoms with van der Waals surface area (Å²) in [5.74, 6) is -3.10. The molecule has 9 nitrogen and oxygen atoms in total. The minimum atomic E-state index is -4.34. The van der Waals surface area contributed by atoms with E-state index in [4.69, 9.17) is 16.6 Å². The van der Waals surface area contributed by atoms with E-state index in [0.717, 1.165) is 9.13 Å². The van der Waals surface area contributed by atoms with Crippen LogP contribution in [0.25, 0.3) is 11.2 Å². The standard InChI is InChI=1S/C33H39ClF6IN7O2/c1-31(2,3)29(50)42-16-17-5-10-22(34)25(24(17)41)45-30-44-23-15-21(28(49)43-20-8-6-18(7-9-20)32(35,36)37)26(46-27(23)47(30)4)48-13-11-19(12-14-48)33(38,39)40/h5,10,15,18-20H,6-9,11-14,16H2,1-4H3,(H,42,50)(H,43,49)(H,44,45). The highest BCUT2D eigenvalue weighted by Crippen LogP contribution is 2.39. The number of hydrogen-bond donors (Lipinski definition) is 3. The first kappa shape index (κ1) is 38.2. The van der Waals surface area contributed by atoms with Gasteiger partial charge in [-0.25, -0.2) is 9.97 Å². The number of anilines is 3. The Bertz CT molecular complexity index is 1740. The number of nitrogens with zero attached hydrogens (tertiary/aromatic N) is 4. The van der Waals surface area contributed by atoms with Crippen molar-refractivity contribution < 1.29 is 35.9 Å². The quantitative estimate of drug-likeness (QED) is 0.164. The molecule has 0 radical (unpaired) electrons. The van der Waals surface area contributed by atoms with Crippen LogP contribution in [0.15, 0.2) is 18.2 Å². The number of amides is 2. The largest absolute Gasteiger partial charge is 0.391 e. The SMILES string of the molecule is Cn1c(Nc2c(Cl)ccc(CNC(=O)C(C)(C)C)c2I)nc2cc(C(=O)NC3CCC(C(F)(F)F)CC3)c(N3CCC(C(F)(F)F)CC3)nc21. The third-order valence-electron chi connectivity index (χ3n) is 9.38. The Labute approximate surface area is 304 Å². The van der Waals surface area contributed by atoms with Gasteiger partial charge in [-0.2, -0.15) is 26.3 Å². The molecule has 17 heteroatoms. The number of hydrogen-bond acceptors (Lipinski definition) is 6. The number of carbonyl (C=O) groups is 2. The van der Waals surface area contributed by atoms with Gasteiger partial charge in [-0.15, -0.1) is 0 Å². The molecule has 3 aromatic rings. The van der Waals surface area contributed by atoms with E-state index in [0.29, 0.717) is 27.8 Å². The van der Waals surface area contributed by atoms with Gasteiger partial charge in [-0.3, -0.25) is 14.2 Å². The molecule has 2 amide bonds. The van der Waals surface area contributed by atoms with Gasteiger partial charge in [-0.1, -0.05) is 38.4 Å². The molecule has 2 fully saturated rings. The van der Waals surface area contributed by atoms with Gasteiger partial charge in [0.05, 0.1) is 28.1 Å². The van der Waals surface area contributed by atoms with Gasteiger partial charge in [0.25, 0.3) is 5.91 Å². The van der Waals surface area contributed by atoms with Gasteiger partial charge in [0, 0.05) is 41.7 Å². The number of pyridine rings is 1. The number of imidazole rings is 1. The third kappa shape index (κ3) is 8.53. The first-order valence-corrected chi connectivity index (χ1v) is 17.8. The molecule has 1 aliphatic carbocycles. The molecule has 0 unspecified atom stereocenters. The Morgan fingerprint density at radius 2 is 1.54 bits per heavy atom. The van der Waals surface area contributed by atoms with Gasteiger partial charge in [-0.05, 0) is 78.8 Å². The molecule has 2 aliphatic rings. The van der Waals surface area contributed by atoms with Crippen LogP contribution in [-0.4, -0.2) is 57.8 Å². The number of alkyl halides is 6. The molecule has 3 heterocycles. The van der Waals surface area contributed by atoms with E-state index in [1.807, 2.05) is 26.8 Å². The van der Waals surface area contributed by atoms with Crippen molar-refractivity contribution in [2.75, 3.05) is 23.3 Å². The minimum absolute atomic E-state index is 0.00889. The number of rotatable bonds is 7. The third-order valence-corrected chi connectivity index (χ3v) is 10.9. The number of aromatic nitrogens is 3. The fraction of sp³-hybridized carbons (Fsp3) is 0.576. The Morgan fingerprint density at radius 3 is 2.12 bits per heavy atom. The predicted octanol–water partition coefficient (Wildman–Crippen LogP) is 8.26. The summed E-state index contributed by atoms with van der Waals surface area (Å²) in [4.78, 5) is 37.3. The van der Waals surface area contributed by atoms with E-state index in [1.165, 1.54) is 6.07 Å². The molecule has 274 valence electrons. The van der Waals surface area contributed by atoms with Crippen LogP contribution >= 0.6 is 34.2 Å². The van der Waals surface area contributed by atoms with Crippen LogP contribution < -0.4 is 20.9 Å². The van der Waals surface area contributed by atoms with Crippen molar-refractivity contribution in [2.45, 2.75) is 84.2 Å². The van der Waals surface area contributed by atoms with E-state index in [-0.39, 0.29) is 75.4 Å². The molecule has 1 saturated heterocycles. The molecule has 50 heavy (non-hydrogen) atoms. The molecule has 3 N–H and O–H groups in total. The number of fused-ring (bicyclic) bond motifs is 1. The topological polar surface area (TPSA) is 104 Å². The zero-order chi connectivity index (χ0) is 36.8. The zero-order valence-corrected chi connectivity index (χ0v) is 30.9. The highest BCUT2D eigenvalue weighted by atomic mass is 127. The summed E-state index contributed by atoms with van der Waals surface area (Å²) in [5, 5.41) is 9.39. The van der Waals surface area contributed by atoms with Crippen molar-refractivity contribution in [3.8, 4) is 0 Å². The van der Waals surface area contributed by atoms with Crippen molar-refractivity contribution >= 4 is 74.6 Å². The number of benzene rings is 1. The van der Waals surface area contributed by atoms with Crippen molar-refractivity contribution in [1.29, 1.82) is 0 Å². The van der Waals surface area contributed by atoms with Crippen LogP contribution in [0.3, 0.4) is 0 Å². The van der Waals surface area contributed by atoms with Crippen LogP contribution in [0, 0.1) is 20.8 Å². The lowest BCUT2D eigenvalue weighted by atomic mass is 9.85. The van der Waals surface area contributed by atoms with Crippen LogP contribution in [-0.2, 0) is 18.4 Å². The van der Waals surface area contributed by atoms with E-state index in [1.54, 1.807) is 22.6 Å². The summed E-state index contributed by atoms with van der Waals surface area (Å²) in [6, 6.07) is 4.52. The van der Waals surface area contributed by atoms with Crippen LogP contribution in [0.4, 0.5) is 43.8 Å². The summed E-state index contributed by atoms with van der Waals surface area (Å²) < 4.78 is 82.5. The Balaban J connectivity index is 1.45. The van der Waals surface area contributed by atoms with Crippen molar-refractivity contribution in [3.05, 3.63) is 37.9 Å². The second kappa shape index (κ2) is 14.5. The van der Waals surface area contributed by atoms with Crippen molar-refractivity contribution in [3.63, 3.8) is 0 Å². The first-order chi connectivity index (χ1) is 23.2. The smallest absolute Gasteiger partial charge is 0.356 e. The lowest BCUT2D eigenvalue weighted by Gasteiger charge is -2.35. The van der Waals surface area contributed by atoms with Crippen molar-refractivity contribution in [2.24, 2.45) is 24.3 Å². The number of halogens is 8. The molecule has 1 aliphatic heterocycles. The molecule has 1 aromatic carbocycles. The second-order valence-electron chi connectivity index (χ2n) is 14.0. The van der Waals surface area contributed by atoms with Gasteiger partial charge in [0.15, 0.2) is 5.65 Å². The van der Waals surface area contributed by atoms with Gasteiger partial charge >= 0.3 is 12.4 Å². The fourth-order valence-electron chi connectivity index (χ4n) is 6.27. The van der Waals surface area contributed by atoms with E-state index >= 15 is 0 Å². The average molecular weight is 842 g/mol. The first-order valence-electron chi connectivity index (χ1n) is 16.3. The maximum absolute atomic E-state index is 13.7. The van der Waals surface area contributed by atoms with E-state index in [2.05, 4.69) is 43.5 Å². The number of piperidine rings is 1. The summed E-state index contributed by atoms with van der Waals surface area (Å²) in [7, 11) is 1.69. The average Bonchev–Trinajstić information content (AvgIpc) is 3.34. The summed E-state index contributed by atoms with van der Waals surface area (Å²) in [5.41, 5.74) is 1.50. The minimum Gasteiger partial charge on any atom is -0.356 e. The Hall–Kier alpha value is -3.02. The van der Waals surface area contributed by atoms with E-state index in [9.17, 15) is 35.9 Å². The van der Waals surface area contributed by atoms with Crippen LogP contribution in [0.2, 0.25) is 5.02 Å². The monoisotopic (exact) mass is 841 g/mol. The van der Waals surface area contributed by atoms with Crippen molar-refractivity contribution in [1.82, 2.24) is 25.2 Å². The summed E-state index contributed by atoms with van der Waals surface area (Å²) >= 11 is 8.72. The second-order valence-corrected chi connectivity index (χ2v) is 15.5. The summed E-state index contributed by atoms with van der Waals surface area (Å²) in [6.45, 7) is 5.72. The normalized spacial score (nSPS) is 19.5. The zero-order valence-electron chi connectivity index (χ0n) is 28.0. The molecular weight excluding hydrogens is 803 g/mol. The maximum Gasteiger partial charge on any atom is 0.391 e. The fourth-order valence-corrected chi connectivity index (χ4v) is 7.43. The number of aryl methyl sites for hydroxylation is 1. The van der Waals surface area contributed by atoms with Gasteiger partial charge in [0.2, 0.25) is 11.9 Å². The highest BCUT2D eigenvalue weighted by Gasteiger charge is 2.43. The molecule has 2 aromatic heterocycles. The molecule has 1 saturated carbocycles. The maximum atomic E-state index is 13.7. The van der Waals surface area contributed by atoms with Crippen LogP contribution in [0.5, 0.6) is 0 Å². The molecule has 0 bridgehead atoms. The van der Waals surface area contributed by atoms with Gasteiger partial charge in [0.1, 0.15) is 11.3 Å². The Kier molecular flexibility index (Phi) is 11.1. The predicted molar refractivity (Wildman–Crippen MR) is 188 cm³/mol. The summed E-state index contributed by atoms with van der Waals surface area (Å²) in [6.07, 6.45) is -8.90.